The number of fused-ring (bicyclic) bond motifs is 4. The van der Waals surface area contributed by atoms with E-state index in [0.29, 0.717) is 31.4 Å². The number of hydrogen-bond donors (Lipinski definition) is 1. The van der Waals surface area contributed by atoms with Crippen LogP contribution in [0, 0.1) is 11.8 Å². The molecule has 3 heterocycles. The molecule has 5 aliphatic rings. The van der Waals surface area contributed by atoms with Gasteiger partial charge in [-0.3, -0.25) is 9.69 Å². The number of nitrogens with zero attached hydrogens (tertiary/aromatic N) is 2. The van der Waals surface area contributed by atoms with E-state index in [4.69, 9.17) is 30.5 Å². The standard InChI is InChI=1S/C37H48ClN3O7S/c1-36(2)35(42)39-49(43,44)29-9-12-34-32(22-29)41(24-37(25-47-34)13-3-5-26-21-28(38)8-11-31(26)37)23-27-7-10-30(27)33(6-4-17-48-36)46-20-16-40-14-18-45-19-15-40/h4,6,8-9,11-12,21-22,27,30,33H,3,5,7,10,13-20,23-25H2,1-2H3,(H,39,42)/b6-4-/t27-,30+,33-,37-/m0/s1. The Morgan fingerprint density at radius 1 is 1.10 bits per heavy atom. The second-order valence-corrected chi connectivity index (χ2v) is 16.8. The van der Waals surface area contributed by atoms with E-state index < -0.39 is 21.5 Å². The molecule has 7 rings (SSSR count). The molecule has 1 saturated heterocycles. The Kier molecular flexibility index (Phi) is 10.0. The van der Waals surface area contributed by atoms with E-state index in [9.17, 15) is 13.2 Å². The third-order valence-corrected chi connectivity index (χ3v) is 12.7. The number of nitrogens with one attached hydrogen (secondary N) is 1. The summed E-state index contributed by atoms with van der Waals surface area (Å²) in [4.78, 5) is 18.0. The summed E-state index contributed by atoms with van der Waals surface area (Å²) in [6.45, 7) is 9.94. The minimum Gasteiger partial charge on any atom is -0.490 e. The van der Waals surface area contributed by atoms with Crippen molar-refractivity contribution in [2.75, 3.05) is 70.7 Å². The number of rotatable bonds is 4. The van der Waals surface area contributed by atoms with Gasteiger partial charge in [-0.1, -0.05) is 29.8 Å². The summed E-state index contributed by atoms with van der Waals surface area (Å²) in [6.07, 6.45) is 8.88. The predicted molar refractivity (Wildman–Crippen MR) is 188 cm³/mol. The number of carbonyl (C=O) groups excluding carboxylic acids is 1. The van der Waals surface area contributed by atoms with Crippen molar-refractivity contribution in [3.63, 3.8) is 0 Å². The minimum absolute atomic E-state index is 0.0113. The maximum Gasteiger partial charge on any atom is 0.265 e. The van der Waals surface area contributed by atoms with Gasteiger partial charge in [0.25, 0.3) is 15.9 Å². The number of halogens is 1. The molecule has 3 aliphatic heterocycles. The van der Waals surface area contributed by atoms with Crippen molar-refractivity contribution in [3.05, 3.63) is 64.7 Å². The van der Waals surface area contributed by atoms with Crippen LogP contribution in [-0.2, 0) is 40.9 Å². The third kappa shape index (κ3) is 7.39. The van der Waals surface area contributed by atoms with E-state index in [-0.39, 0.29) is 28.9 Å². The van der Waals surface area contributed by atoms with Gasteiger partial charge >= 0.3 is 0 Å². The number of carbonyl (C=O) groups is 1. The molecule has 49 heavy (non-hydrogen) atoms. The van der Waals surface area contributed by atoms with Crippen LogP contribution in [0.1, 0.15) is 50.7 Å². The molecule has 10 nitrogen and oxygen atoms in total. The highest BCUT2D eigenvalue weighted by Gasteiger charge is 2.45. The van der Waals surface area contributed by atoms with Crippen LogP contribution in [0.25, 0.3) is 0 Å². The molecule has 4 atom stereocenters. The third-order valence-electron chi connectivity index (χ3n) is 11.1. The van der Waals surface area contributed by atoms with Gasteiger partial charge in [-0.15, -0.1) is 0 Å². The number of aryl methyl sites for hydroxylation is 1. The molecule has 2 aromatic rings. The molecule has 0 radical (unpaired) electrons. The number of hydrogen-bond acceptors (Lipinski definition) is 9. The van der Waals surface area contributed by atoms with Gasteiger partial charge < -0.3 is 23.8 Å². The largest absolute Gasteiger partial charge is 0.490 e. The highest BCUT2D eigenvalue weighted by atomic mass is 35.5. The Morgan fingerprint density at radius 3 is 2.73 bits per heavy atom. The number of anilines is 1. The molecule has 2 fully saturated rings. The van der Waals surface area contributed by atoms with Gasteiger partial charge in [0.2, 0.25) is 0 Å². The number of ether oxygens (including phenoxy) is 4. The van der Waals surface area contributed by atoms with Crippen molar-refractivity contribution in [2.24, 2.45) is 11.8 Å². The van der Waals surface area contributed by atoms with Crippen LogP contribution >= 0.6 is 11.6 Å². The predicted octanol–water partition coefficient (Wildman–Crippen LogP) is 4.73. The summed E-state index contributed by atoms with van der Waals surface area (Å²) >= 11 is 6.45. The molecule has 2 aromatic carbocycles. The fourth-order valence-corrected chi connectivity index (χ4v) is 9.39. The van der Waals surface area contributed by atoms with Crippen molar-refractivity contribution in [2.45, 2.75) is 68.0 Å². The number of sulfonamides is 1. The number of amides is 1. The highest BCUT2D eigenvalue weighted by molar-refractivity contribution is 7.90. The zero-order valence-electron chi connectivity index (χ0n) is 28.5. The van der Waals surface area contributed by atoms with E-state index in [1.54, 1.807) is 26.0 Å². The molecule has 12 heteroatoms. The molecule has 1 amide bonds. The minimum atomic E-state index is -4.19. The van der Waals surface area contributed by atoms with Crippen LogP contribution in [0.2, 0.25) is 5.02 Å². The Bertz CT molecular complexity index is 1680. The molecular weight excluding hydrogens is 666 g/mol. The molecule has 1 saturated carbocycles. The fraction of sp³-hybridized carbons (Fsp3) is 0.595. The van der Waals surface area contributed by atoms with Crippen LogP contribution in [0.5, 0.6) is 5.75 Å². The first-order valence-electron chi connectivity index (χ1n) is 17.6. The summed E-state index contributed by atoms with van der Waals surface area (Å²) in [5.41, 5.74) is 1.55. The van der Waals surface area contributed by atoms with Gasteiger partial charge in [0.15, 0.2) is 0 Å². The van der Waals surface area contributed by atoms with Crippen molar-refractivity contribution in [1.82, 2.24) is 9.62 Å². The molecule has 266 valence electrons. The maximum absolute atomic E-state index is 13.6. The summed E-state index contributed by atoms with van der Waals surface area (Å²) in [7, 11) is -4.19. The molecule has 0 unspecified atom stereocenters. The number of morpholine rings is 1. The van der Waals surface area contributed by atoms with Crippen LogP contribution in [-0.4, -0.2) is 96.7 Å². The second kappa shape index (κ2) is 14.2. The van der Waals surface area contributed by atoms with Crippen LogP contribution < -0.4 is 14.4 Å². The van der Waals surface area contributed by atoms with E-state index in [1.807, 2.05) is 12.1 Å². The van der Waals surface area contributed by atoms with E-state index in [2.05, 4.69) is 32.7 Å². The monoisotopic (exact) mass is 713 g/mol. The lowest BCUT2D eigenvalue weighted by atomic mass is 9.68. The number of benzene rings is 2. The zero-order valence-corrected chi connectivity index (χ0v) is 30.1. The summed E-state index contributed by atoms with van der Waals surface area (Å²) < 4.78 is 54.2. The van der Waals surface area contributed by atoms with Crippen LogP contribution in [0.4, 0.5) is 5.69 Å². The second-order valence-electron chi connectivity index (χ2n) is 14.7. The van der Waals surface area contributed by atoms with Crippen LogP contribution in [0.15, 0.2) is 53.4 Å². The Morgan fingerprint density at radius 2 is 1.94 bits per heavy atom. The normalized spacial score (nSPS) is 30.6. The lowest BCUT2D eigenvalue weighted by Gasteiger charge is -2.46. The average molecular weight is 714 g/mol. The molecule has 1 N–H and O–H groups in total. The quantitative estimate of drug-likeness (QED) is 0.451. The van der Waals surface area contributed by atoms with E-state index in [1.165, 1.54) is 17.2 Å². The van der Waals surface area contributed by atoms with Gasteiger partial charge in [-0.05, 0) is 99.2 Å². The maximum atomic E-state index is 13.6. The zero-order chi connectivity index (χ0) is 34.2. The fourth-order valence-electron chi connectivity index (χ4n) is 8.08. The molecule has 2 bridgehead atoms. The molecule has 0 aromatic heterocycles. The Labute approximate surface area is 295 Å². The molecular formula is C37H48ClN3O7S. The Hall–Kier alpha value is -2.67. The smallest absolute Gasteiger partial charge is 0.265 e. The summed E-state index contributed by atoms with van der Waals surface area (Å²) in [5.74, 6) is 0.504. The first-order chi connectivity index (χ1) is 23.5. The van der Waals surface area contributed by atoms with Gasteiger partial charge in [-0.2, -0.15) is 0 Å². The van der Waals surface area contributed by atoms with Gasteiger partial charge in [0, 0.05) is 43.2 Å². The lowest BCUT2D eigenvalue weighted by Crippen LogP contribution is -2.50. The first kappa shape index (κ1) is 34.8. The van der Waals surface area contributed by atoms with E-state index in [0.717, 1.165) is 82.2 Å². The first-order valence-corrected chi connectivity index (χ1v) is 19.5. The van der Waals surface area contributed by atoms with Gasteiger partial charge in [0.1, 0.15) is 11.4 Å². The average Bonchev–Trinajstić information content (AvgIpc) is 3.21. The van der Waals surface area contributed by atoms with Crippen LogP contribution in [0.3, 0.4) is 0 Å². The molecule has 1 spiro atoms. The van der Waals surface area contributed by atoms with Crippen molar-refractivity contribution >= 4 is 33.2 Å². The molecule has 2 aliphatic carbocycles. The van der Waals surface area contributed by atoms with Crippen molar-refractivity contribution < 1.29 is 32.2 Å². The van der Waals surface area contributed by atoms with E-state index >= 15 is 0 Å². The topological polar surface area (TPSA) is 107 Å². The van der Waals surface area contributed by atoms with Crippen molar-refractivity contribution in [1.29, 1.82) is 0 Å². The highest BCUT2D eigenvalue weighted by Crippen LogP contribution is 2.47. The van der Waals surface area contributed by atoms with Crippen molar-refractivity contribution in [3.8, 4) is 5.75 Å². The van der Waals surface area contributed by atoms with Gasteiger partial charge in [0.05, 0.1) is 49.7 Å². The summed E-state index contributed by atoms with van der Waals surface area (Å²) in [5, 5.41) is 0.731. The Balaban J connectivity index is 1.24. The summed E-state index contributed by atoms with van der Waals surface area (Å²) in [6, 6.07) is 11.1. The van der Waals surface area contributed by atoms with Gasteiger partial charge in [-0.25, -0.2) is 13.1 Å². The lowest BCUT2D eigenvalue weighted by molar-refractivity contribution is -0.139. The SMILES string of the molecule is CC1(C)OC/C=C\[C@H](OCCN2CCOCC2)[C@@H]2CC[C@H]2CN2C[C@@]3(CCCc4cc(Cl)ccc43)COc3ccc(cc32)S(=O)(=O)NC1=O.